The van der Waals surface area contributed by atoms with Crippen LogP contribution in [0.1, 0.15) is 35.6 Å². The van der Waals surface area contributed by atoms with E-state index < -0.39 is 0 Å². The van der Waals surface area contributed by atoms with Crippen LogP contribution in [0.15, 0.2) is 30.6 Å². The summed E-state index contributed by atoms with van der Waals surface area (Å²) in [6.45, 7) is 4.38. The van der Waals surface area contributed by atoms with E-state index >= 15 is 0 Å². The van der Waals surface area contributed by atoms with Gasteiger partial charge in [-0.1, -0.05) is 18.2 Å². The number of piperidine rings is 1. The number of hydrogen-bond acceptors (Lipinski definition) is 4. The molecule has 1 N–H and O–H groups in total. The molecule has 140 valence electrons. The Morgan fingerprint density at radius 1 is 1.31 bits per heavy atom. The van der Waals surface area contributed by atoms with Gasteiger partial charge in [-0.2, -0.15) is 5.10 Å². The van der Waals surface area contributed by atoms with E-state index in [1.807, 2.05) is 17.9 Å². The van der Waals surface area contributed by atoms with Crippen molar-refractivity contribution in [1.82, 2.24) is 19.6 Å². The van der Waals surface area contributed by atoms with E-state index in [4.69, 9.17) is 0 Å². The maximum Gasteiger partial charge on any atom is 0.0537 e. The van der Waals surface area contributed by atoms with Gasteiger partial charge in [0, 0.05) is 50.2 Å². The van der Waals surface area contributed by atoms with E-state index in [1.165, 1.54) is 41.8 Å². The second kappa shape index (κ2) is 7.41. The molecule has 3 heterocycles. The topological polar surface area (TPSA) is 36.3 Å². The Morgan fingerprint density at radius 2 is 2.19 bits per heavy atom. The highest BCUT2D eigenvalue weighted by molar-refractivity contribution is 5.61. The number of aromatic nitrogens is 2. The van der Waals surface area contributed by atoms with Crippen molar-refractivity contribution in [2.24, 2.45) is 13.0 Å². The highest BCUT2D eigenvalue weighted by Crippen LogP contribution is 2.36. The van der Waals surface area contributed by atoms with Gasteiger partial charge >= 0.3 is 0 Å². The molecule has 2 aromatic rings. The van der Waals surface area contributed by atoms with Crippen LogP contribution in [-0.2, 0) is 20.0 Å². The highest BCUT2D eigenvalue weighted by Gasteiger charge is 2.32. The summed E-state index contributed by atoms with van der Waals surface area (Å²) in [4.78, 5) is 5.02. The molecule has 1 aromatic heterocycles. The molecule has 4 rings (SSSR count). The number of aryl methyl sites for hydroxylation is 1. The van der Waals surface area contributed by atoms with Gasteiger partial charge in [0.25, 0.3) is 0 Å². The zero-order valence-corrected chi connectivity index (χ0v) is 16.3. The predicted octanol–water partition coefficient (Wildman–Crippen LogP) is 2.90. The number of rotatable bonds is 5. The van der Waals surface area contributed by atoms with E-state index in [0.29, 0.717) is 12.0 Å². The third kappa shape index (κ3) is 3.51. The molecule has 0 bridgehead atoms. The van der Waals surface area contributed by atoms with Crippen LogP contribution in [-0.4, -0.2) is 53.3 Å². The van der Waals surface area contributed by atoms with Crippen LogP contribution in [0.2, 0.25) is 0 Å². The fourth-order valence-electron chi connectivity index (χ4n) is 4.87. The SMILES string of the molecule is CN(Cc1cccc2c1NCC2)C[C@@H]1CCCN(C)[C@H]1c1cnn(C)c1. The summed E-state index contributed by atoms with van der Waals surface area (Å²) in [5.74, 6) is 0.646. The minimum absolute atomic E-state index is 0.472. The molecule has 1 fully saturated rings. The van der Waals surface area contributed by atoms with Crippen molar-refractivity contribution < 1.29 is 0 Å². The third-order valence-electron chi connectivity index (χ3n) is 5.99. The molecule has 5 heteroatoms. The number of likely N-dealkylation sites (tertiary alicyclic amines) is 1. The fraction of sp³-hybridized carbons (Fsp3) is 0.571. The van der Waals surface area contributed by atoms with Crippen LogP contribution < -0.4 is 5.32 Å². The van der Waals surface area contributed by atoms with Gasteiger partial charge in [-0.25, -0.2) is 0 Å². The first-order valence-corrected chi connectivity index (χ1v) is 9.84. The molecule has 2 atom stereocenters. The molecular weight excluding hydrogens is 322 g/mol. The molecule has 0 radical (unpaired) electrons. The van der Waals surface area contributed by atoms with Gasteiger partial charge in [-0.05, 0) is 56.9 Å². The van der Waals surface area contributed by atoms with E-state index in [-0.39, 0.29) is 0 Å². The number of fused-ring (bicyclic) bond motifs is 1. The van der Waals surface area contributed by atoms with Crippen LogP contribution in [0.3, 0.4) is 0 Å². The van der Waals surface area contributed by atoms with Gasteiger partial charge in [-0.3, -0.25) is 9.58 Å². The number of nitrogens with zero attached hydrogens (tertiary/aromatic N) is 4. The van der Waals surface area contributed by atoms with E-state index in [1.54, 1.807) is 0 Å². The monoisotopic (exact) mass is 353 g/mol. The van der Waals surface area contributed by atoms with Crippen molar-refractivity contribution in [3.63, 3.8) is 0 Å². The molecule has 0 aliphatic carbocycles. The predicted molar refractivity (Wildman–Crippen MR) is 106 cm³/mol. The Morgan fingerprint density at radius 3 is 3.00 bits per heavy atom. The third-order valence-corrected chi connectivity index (χ3v) is 5.99. The second-order valence-electron chi connectivity index (χ2n) is 8.10. The Kier molecular flexibility index (Phi) is 5.00. The Hall–Kier alpha value is -1.85. The average Bonchev–Trinajstić information content (AvgIpc) is 3.24. The maximum atomic E-state index is 4.42. The standard InChI is InChI=1S/C21H31N5/c1-24(13-17-7-4-6-16-9-10-22-20(16)17)14-18-8-5-11-25(2)21(18)19-12-23-26(3)15-19/h4,6-7,12,15,18,21-22H,5,8-11,13-14H2,1-3H3/t18-,21+/m0/s1. The largest absolute Gasteiger partial charge is 0.384 e. The summed E-state index contributed by atoms with van der Waals surface area (Å²) >= 11 is 0. The first kappa shape index (κ1) is 17.6. The van der Waals surface area contributed by atoms with Crippen molar-refractivity contribution in [3.05, 3.63) is 47.3 Å². The quantitative estimate of drug-likeness (QED) is 0.897. The molecule has 2 aliphatic rings. The summed E-state index contributed by atoms with van der Waals surface area (Å²) in [7, 11) is 6.54. The van der Waals surface area contributed by atoms with Crippen LogP contribution in [0, 0.1) is 5.92 Å². The highest BCUT2D eigenvalue weighted by atomic mass is 15.3. The van der Waals surface area contributed by atoms with Crippen LogP contribution >= 0.6 is 0 Å². The van der Waals surface area contributed by atoms with Gasteiger partial charge in [-0.15, -0.1) is 0 Å². The lowest BCUT2D eigenvalue weighted by atomic mass is 9.85. The van der Waals surface area contributed by atoms with Gasteiger partial charge in [0.2, 0.25) is 0 Å². The summed E-state index contributed by atoms with van der Waals surface area (Å²) in [6, 6.07) is 7.22. The molecule has 26 heavy (non-hydrogen) atoms. The number of nitrogens with one attached hydrogen (secondary N) is 1. The van der Waals surface area contributed by atoms with Gasteiger partial charge in [0.05, 0.1) is 6.20 Å². The number of para-hydroxylation sites is 1. The molecule has 0 amide bonds. The molecule has 0 spiro atoms. The first-order valence-electron chi connectivity index (χ1n) is 9.84. The Balaban J connectivity index is 1.47. The summed E-state index contributed by atoms with van der Waals surface area (Å²) < 4.78 is 1.93. The molecule has 0 unspecified atom stereocenters. The minimum Gasteiger partial charge on any atom is -0.384 e. The fourth-order valence-corrected chi connectivity index (χ4v) is 4.87. The molecular formula is C21H31N5. The molecule has 1 saturated heterocycles. The summed E-state index contributed by atoms with van der Waals surface area (Å²) in [6.07, 6.45) is 7.97. The summed E-state index contributed by atoms with van der Waals surface area (Å²) in [5.41, 5.74) is 5.64. The second-order valence-corrected chi connectivity index (χ2v) is 8.10. The molecule has 1 aromatic carbocycles. The van der Waals surface area contributed by atoms with Crippen molar-refractivity contribution in [2.45, 2.75) is 31.8 Å². The number of benzene rings is 1. The number of anilines is 1. The Bertz CT molecular complexity index is 753. The average molecular weight is 354 g/mol. The zero-order valence-electron chi connectivity index (χ0n) is 16.3. The molecule has 5 nitrogen and oxygen atoms in total. The molecule has 2 aliphatic heterocycles. The lowest BCUT2D eigenvalue weighted by molar-refractivity contribution is 0.0926. The van der Waals surface area contributed by atoms with Crippen molar-refractivity contribution in [1.29, 1.82) is 0 Å². The smallest absolute Gasteiger partial charge is 0.0537 e. The Labute approximate surface area is 157 Å². The van der Waals surface area contributed by atoms with Gasteiger partial charge < -0.3 is 10.2 Å². The minimum atomic E-state index is 0.472. The van der Waals surface area contributed by atoms with E-state index in [2.05, 4.69) is 58.7 Å². The maximum absolute atomic E-state index is 4.42. The zero-order chi connectivity index (χ0) is 18.1. The first-order chi connectivity index (χ1) is 12.6. The van der Waals surface area contributed by atoms with Crippen molar-refractivity contribution in [3.8, 4) is 0 Å². The van der Waals surface area contributed by atoms with E-state index in [0.717, 1.165) is 26.1 Å². The van der Waals surface area contributed by atoms with Gasteiger partial charge in [0.1, 0.15) is 0 Å². The number of hydrogen-bond donors (Lipinski definition) is 1. The van der Waals surface area contributed by atoms with Crippen molar-refractivity contribution >= 4 is 5.69 Å². The van der Waals surface area contributed by atoms with Crippen molar-refractivity contribution in [2.75, 3.05) is 39.0 Å². The normalized spacial score (nSPS) is 23.2. The summed E-state index contributed by atoms with van der Waals surface area (Å²) in [5, 5.41) is 7.99. The van der Waals surface area contributed by atoms with Crippen LogP contribution in [0.5, 0.6) is 0 Å². The van der Waals surface area contributed by atoms with E-state index in [9.17, 15) is 0 Å². The van der Waals surface area contributed by atoms with Gasteiger partial charge in [0.15, 0.2) is 0 Å². The van der Waals surface area contributed by atoms with Crippen LogP contribution in [0.4, 0.5) is 5.69 Å². The molecule has 0 saturated carbocycles. The lowest BCUT2D eigenvalue weighted by Crippen LogP contribution is -2.40. The lowest BCUT2D eigenvalue weighted by Gasteiger charge is -2.40. The van der Waals surface area contributed by atoms with Crippen LogP contribution in [0.25, 0.3) is 0 Å².